The topological polar surface area (TPSA) is 95.9 Å². The third-order valence-corrected chi connectivity index (χ3v) is 3.70. The predicted molar refractivity (Wildman–Crippen MR) is 77.3 cm³/mol. The Morgan fingerprint density at radius 2 is 2.33 bits per heavy atom. The van der Waals surface area contributed by atoms with E-state index in [1.807, 2.05) is 17.6 Å². The lowest BCUT2D eigenvalue weighted by molar-refractivity contribution is -0.138. The zero-order chi connectivity index (χ0) is 14.8. The van der Waals surface area contributed by atoms with Gasteiger partial charge in [-0.2, -0.15) is 0 Å². The lowest BCUT2D eigenvalue weighted by Gasteiger charge is -2.22. The molecule has 2 aromatic heterocycles. The second-order valence-electron chi connectivity index (χ2n) is 4.96. The summed E-state index contributed by atoms with van der Waals surface area (Å²) in [7, 11) is 0. The van der Waals surface area contributed by atoms with Crippen molar-refractivity contribution in [3.63, 3.8) is 0 Å². The van der Waals surface area contributed by atoms with E-state index in [0.29, 0.717) is 24.4 Å². The molecule has 0 saturated carbocycles. The SMILES string of the molecule is CCOC(=O)C1=CC[C@H](n2cnc3c(N)ncnc32)CC1. The molecule has 7 heteroatoms. The number of carbonyl (C=O) groups excluding carboxylic acids is 1. The minimum absolute atomic E-state index is 0.210. The van der Waals surface area contributed by atoms with Crippen LogP contribution in [0.4, 0.5) is 5.82 Å². The van der Waals surface area contributed by atoms with E-state index >= 15 is 0 Å². The molecular formula is C14H17N5O2. The van der Waals surface area contributed by atoms with Crippen molar-refractivity contribution in [1.82, 2.24) is 19.5 Å². The minimum atomic E-state index is -0.210. The Morgan fingerprint density at radius 3 is 3.05 bits per heavy atom. The molecule has 2 N–H and O–H groups in total. The van der Waals surface area contributed by atoms with Gasteiger partial charge in [0.15, 0.2) is 11.5 Å². The van der Waals surface area contributed by atoms with Gasteiger partial charge >= 0.3 is 5.97 Å². The first kappa shape index (κ1) is 13.5. The van der Waals surface area contributed by atoms with E-state index < -0.39 is 0 Å². The van der Waals surface area contributed by atoms with E-state index in [1.165, 1.54) is 6.33 Å². The summed E-state index contributed by atoms with van der Waals surface area (Å²) in [5.74, 6) is 0.176. The molecule has 1 aliphatic rings. The van der Waals surface area contributed by atoms with Crippen LogP contribution < -0.4 is 5.73 Å². The summed E-state index contributed by atoms with van der Waals surface area (Å²) in [6.07, 6.45) is 7.43. The molecule has 1 aliphatic carbocycles. The monoisotopic (exact) mass is 287 g/mol. The number of aromatic nitrogens is 4. The highest BCUT2D eigenvalue weighted by atomic mass is 16.5. The number of esters is 1. The van der Waals surface area contributed by atoms with Gasteiger partial charge in [-0.05, 0) is 26.2 Å². The molecule has 0 radical (unpaired) electrons. The fourth-order valence-corrected chi connectivity index (χ4v) is 2.62. The minimum Gasteiger partial charge on any atom is -0.463 e. The lowest BCUT2D eigenvalue weighted by Crippen LogP contribution is -2.16. The third kappa shape index (κ3) is 2.46. The van der Waals surface area contributed by atoms with Gasteiger partial charge < -0.3 is 15.0 Å². The van der Waals surface area contributed by atoms with Crippen LogP contribution in [0, 0.1) is 0 Å². The number of carbonyl (C=O) groups is 1. The molecule has 0 saturated heterocycles. The Kier molecular flexibility index (Phi) is 3.55. The van der Waals surface area contributed by atoms with Crippen LogP contribution in [0.2, 0.25) is 0 Å². The molecule has 2 aromatic rings. The van der Waals surface area contributed by atoms with E-state index in [9.17, 15) is 4.79 Å². The van der Waals surface area contributed by atoms with Crippen molar-refractivity contribution in [3.05, 3.63) is 24.3 Å². The van der Waals surface area contributed by atoms with Gasteiger partial charge in [0.2, 0.25) is 0 Å². The first-order valence-electron chi connectivity index (χ1n) is 7.00. The van der Waals surface area contributed by atoms with Crippen LogP contribution in [0.15, 0.2) is 24.3 Å². The second-order valence-corrected chi connectivity index (χ2v) is 4.96. The van der Waals surface area contributed by atoms with Crippen molar-refractivity contribution < 1.29 is 9.53 Å². The Labute approximate surface area is 121 Å². The highest BCUT2D eigenvalue weighted by molar-refractivity contribution is 5.88. The van der Waals surface area contributed by atoms with Crippen molar-refractivity contribution in [2.24, 2.45) is 0 Å². The van der Waals surface area contributed by atoms with Gasteiger partial charge in [0, 0.05) is 11.6 Å². The second kappa shape index (κ2) is 5.51. The summed E-state index contributed by atoms with van der Waals surface area (Å²) in [4.78, 5) is 24.2. The van der Waals surface area contributed by atoms with Gasteiger partial charge in [0.05, 0.1) is 12.9 Å². The van der Waals surface area contributed by atoms with E-state index in [2.05, 4.69) is 15.0 Å². The number of nitrogens with zero attached hydrogens (tertiary/aromatic N) is 4. The quantitative estimate of drug-likeness (QED) is 0.862. The number of rotatable bonds is 3. The molecule has 0 bridgehead atoms. The molecule has 0 aliphatic heterocycles. The first-order chi connectivity index (χ1) is 10.2. The van der Waals surface area contributed by atoms with Crippen molar-refractivity contribution in [1.29, 1.82) is 0 Å². The molecule has 7 nitrogen and oxygen atoms in total. The molecule has 110 valence electrons. The van der Waals surface area contributed by atoms with E-state index in [-0.39, 0.29) is 12.0 Å². The third-order valence-electron chi connectivity index (χ3n) is 3.70. The molecule has 0 fully saturated rings. The zero-order valence-electron chi connectivity index (χ0n) is 11.8. The number of anilines is 1. The predicted octanol–water partition coefficient (Wildman–Crippen LogP) is 1.62. The number of nitrogen functional groups attached to an aromatic ring is 1. The van der Waals surface area contributed by atoms with Gasteiger partial charge in [-0.3, -0.25) is 0 Å². The van der Waals surface area contributed by atoms with Crippen LogP contribution in [0.5, 0.6) is 0 Å². The van der Waals surface area contributed by atoms with Gasteiger partial charge in [-0.15, -0.1) is 0 Å². The van der Waals surface area contributed by atoms with E-state index in [0.717, 1.165) is 24.1 Å². The van der Waals surface area contributed by atoms with Crippen molar-refractivity contribution >= 4 is 23.0 Å². The maximum atomic E-state index is 11.7. The molecule has 2 heterocycles. The van der Waals surface area contributed by atoms with Crippen LogP contribution in [-0.4, -0.2) is 32.1 Å². The van der Waals surface area contributed by atoms with Crippen molar-refractivity contribution in [3.8, 4) is 0 Å². The van der Waals surface area contributed by atoms with Gasteiger partial charge in [-0.1, -0.05) is 6.08 Å². The normalized spacial score (nSPS) is 18.5. The number of imidazole rings is 1. The zero-order valence-corrected chi connectivity index (χ0v) is 11.8. The Hall–Kier alpha value is -2.44. The number of hydrogen-bond acceptors (Lipinski definition) is 6. The molecule has 3 rings (SSSR count). The average Bonchev–Trinajstić information content (AvgIpc) is 2.93. The van der Waals surface area contributed by atoms with Gasteiger partial charge in [-0.25, -0.2) is 19.7 Å². The summed E-state index contributed by atoms with van der Waals surface area (Å²) in [5, 5.41) is 0. The molecule has 1 atom stereocenters. The summed E-state index contributed by atoms with van der Waals surface area (Å²) in [5.41, 5.74) is 7.91. The number of allylic oxidation sites excluding steroid dienone is 1. The average molecular weight is 287 g/mol. The Morgan fingerprint density at radius 1 is 1.48 bits per heavy atom. The fraction of sp³-hybridized carbons (Fsp3) is 0.429. The van der Waals surface area contributed by atoms with Crippen LogP contribution >= 0.6 is 0 Å². The van der Waals surface area contributed by atoms with Crippen LogP contribution in [0.1, 0.15) is 32.2 Å². The Bertz CT molecular complexity index is 706. The lowest BCUT2D eigenvalue weighted by atomic mass is 9.95. The molecular weight excluding hydrogens is 270 g/mol. The van der Waals surface area contributed by atoms with Crippen LogP contribution in [0.3, 0.4) is 0 Å². The molecule has 0 aromatic carbocycles. The number of ether oxygens (including phenoxy) is 1. The fourth-order valence-electron chi connectivity index (χ4n) is 2.62. The number of hydrogen-bond donors (Lipinski definition) is 1. The van der Waals surface area contributed by atoms with Crippen LogP contribution in [0.25, 0.3) is 11.2 Å². The summed E-state index contributed by atoms with van der Waals surface area (Å²) in [6, 6.07) is 0.225. The number of fused-ring (bicyclic) bond motifs is 1. The number of nitrogens with two attached hydrogens (primary N) is 1. The molecule has 0 amide bonds. The largest absolute Gasteiger partial charge is 0.463 e. The van der Waals surface area contributed by atoms with Crippen molar-refractivity contribution in [2.45, 2.75) is 32.2 Å². The molecule has 0 unspecified atom stereocenters. The summed E-state index contributed by atoms with van der Waals surface area (Å²) in [6.45, 7) is 2.22. The smallest absolute Gasteiger partial charge is 0.333 e. The van der Waals surface area contributed by atoms with Gasteiger partial charge in [0.1, 0.15) is 11.8 Å². The van der Waals surface area contributed by atoms with Gasteiger partial charge in [0.25, 0.3) is 0 Å². The highest BCUT2D eigenvalue weighted by Crippen LogP contribution is 2.30. The van der Waals surface area contributed by atoms with Crippen LogP contribution in [-0.2, 0) is 9.53 Å². The van der Waals surface area contributed by atoms with E-state index in [1.54, 1.807) is 6.33 Å². The Balaban J connectivity index is 1.83. The highest BCUT2D eigenvalue weighted by Gasteiger charge is 2.22. The first-order valence-corrected chi connectivity index (χ1v) is 7.00. The standard InChI is InChI=1S/C14H17N5O2/c1-2-21-14(20)9-3-5-10(6-4-9)19-8-18-11-12(15)16-7-17-13(11)19/h3,7-8,10H,2,4-6H2,1H3,(H2,15,16,17)/t10-/m0/s1. The maximum Gasteiger partial charge on any atom is 0.333 e. The maximum absolute atomic E-state index is 11.7. The summed E-state index contributed by atoms with van der Waals surface area (Å²) >= 11 is 0. The molecule has 0 spiro atoms. The molecule has 21 heavy (non-hydrogen) atoms. The van der Waals surface area contributed by atoms with Crippen molar-refractivity contribution in [2.75, 3.05) is 12.3 Å². The summed E-state index contributed by atoms with van der Waals surface area (Å²) < 4.78 is 7.04. The van der Waals surface area contributed by atoms with E-state index in [4.69, 9.17) is 10.5 Å².